The Hall–Kier alpha value is -5.06. The molecule has 0 amide bonds. The van der Waals surface area contributed by atoms with E-state index in [0.717, 1.165) is 33.2 Å². The second kappa shape index (κ2) is 8.22. The lowest BCUT2D eigenvalue weighted by atomic mass is 10.0. The van der Waals surface area contributed by atoms with Gasteiger partial charge in [-0.25, -0.2) is 9.97 Å². The van der Waals surface area contributed by atoms with E-state index in [0.29, 0.717) is 5.95 Å². The van der Waals surface area contributed by atoms with E-state index in [2.05, 4.69) is 120 Å². The van der Waals surface area contributed by atoms with E-state index in [-0.39, 0.29) is 0 Å². The molecule has 0 aliphatic heterocycles. The largest absolute Gasteiger partial charge is 0.278 e. The Labute approximate surface area is 233 Å². The van der Waals surface area contributed by atoms with Gasteiger partial charge in [-0.3, -0.25) is 4.57 Å². The molecule has 0 atom stereocenters. The van der Waals surface area contributed by atoms with Gasteiger partial charge in [0, 0.05) is 41.9 Å². The molecule has 0 saturated carbocycles. The molecule has 0 N–H and O–H groups in total. The molecule has 6 aromatic carbocycles. The SMILES string of the molecule is c1ccc(-c2nc(-n3c4ccccc4c4c5sc6c7ccccc7ccc6c5ccc43)nc3ccccc23)cc1. The molecule has 3 aromatic heterocycles. The molecule has 9 aromatic rings. The number of nitrogens with zero attached hydrogens (tertiary/aromatic N) is 3. The van der Waals surface area contributed by atoms with Crippen LogP contribution in [0.1, 0.15) is 0 Å². The number of aromatic nitrogens is 3. The molecule has 3 heterocycles. The molecular formula is C36H21N3S. The van der Waals surface area contributed by atoms with Crippen molar-refractivity contribution in [3.63, 3.8) is 0 Å². The van der Waals surface area contributed by atoms with Crippen molar-refractivity contribution in [3.05, 3.63) is 127 Å². The van der Waals surface area contributed by atoms with Gasteiger partial charge in [0.2, 0.25) is 5.95 Å². The number of hydrogen-bond acceptors (Lipinski definition) is 3. The summed E-state index contributed by atoms with van der Waals surface area (Å²) >= 11 is 1.89. The predicted molar refractivity (Wildman–Crippen MR) is 170 cm³/mol. The van der Waals surface area contributed by atoms with Crippen molar-refractivity contribution in [1.29, 1.82) is 0 Å². The van der Waals surface area contributed by atoms with Gasteiger partial charge in [-0.05, 0) is 29.0 Å². The number of benzene rings is 6. The van der Waals surface area contributed by atoms with Crippen LogP contribution in [0, 0.1) is 0 Å². The van der Waals surface area contributed by atoms with Crippen LogP contribution in [0.2, 0.25) is 0 Å². The molecule has 0 fully saturated rings. The first-order chi connectivity index (χ1) is 19.8. The number of thiophene rings is 1. The average Bonchev–Trinajstić information content (AvgIpc) is 3.57. The first-order valence-electron chi connectivity index (χ1n) is 13.4. The van der Waals surface area contributed by atoms with Gasteiger partial charge in [0.15, 0.2) is 0 Å². The van der Waals surface area contributed by atoms with E-state index in [1.807, 2.05) is 23.5 Å². The summed E-state index contributed by atoms with van der Waals surface area (Å²) in [6.45, 7) is 0. The summed E-state index contributed by atoms with van der Waals surface area (Å²) in [6, 6.07) is 45.1. The molecule has 186 valence electrons. The normalized spacial score (nSPS) is 12.0. The van der Waals surface area contributed by atoms with Crippen LogP contribution in [0.25, 0.3) is 80.9 Å². The highest BCUT2D eigenvalue weighted by Gasteiger charge is 2.20. The van der Waals surface area contributed by atoms with Crippen molar-refractivity contribution in [3.8, 4) is 17.2 Å². The lowest BCUT2D eigenvalue weighted by molar-refractivity contribution is 1.01. The summed E-state index contributed by atoms with van der Waals surface area (Å²) < 4.78 is 4.89. The molecule has 9 rings (SSSR count). The third-order valence-electron chi connectivity index (χ3n) is 8.00. The van der Waals surface area contributed by atoms with Gasteiger partial charge in [-0.2, -0.15) is 0 Å². The van der Waals surface area contributed by atoms with Gasteiger partial charge < -0.3 is 0 Å². The quantitative estimate of drug-likeness (QED) is 0.224. The lowest BCUT2D eigenvalue weighted by Gasteiger charge is -2.11. The van der Waals surface area contributed by atoms with Gasteiger partial charge in [0.25, 0.3) is 0 Å². The van der Waals surface area contributed by atoms with Crippen LogP contribution < -0.4 is 0 Å². The molecule has 40 heavy (non-hydrogen) atoms. The first kappa shape index (κ1) is 21.8. The van der Waals surface area contributed by atoms with Crippen LogP contribution in [0.15, 0.2) is 127 Å². The zero-order chi connectivity index (χ0) is 26.2. The van der Waals surface area contributed by atoms with Gasteiger partial charge in [0.05, 0.1) is 22.2 Å². The van der Waals surface area contributed by atoms with E-state index in [4.69, 9.17) is 9.97 Å². The van der Waals surface area contributed by atoms with Crippen molar-refractivity contribution < 1.29 is 0 Å². The molecule has 0 aliphatic rings. The summed E-state index contributed by atoms with van der Waals surface area (Å²) in [5.74, 6) is 0.690. The van der Waals surface area contributed by atoms with Crippen molar-refractivity contribution in [2.24, 2.45) is 0 Å². The minimum atomic E-state index is 0.690. The van der Waals surface area contributed by atoms with Gasteiger partial charge in [-0.1, -0.05) is 109 Å². The molecule has 0 saturated heterocycles. The fraction of sp³-hybridized carbons (Fsp3) is 0. The fourth-order valence-electron chi connectivity index (χ4n) is 6.21. The Morgan fingerprint density at radius 2 is 1.18 bits per heavy atom. The maximum atomic E-state index is 5.23. The molecular weight excluding hydrogens is 506 g/mol. The van der Waals surface area contributed by atoms with Crippen LogP contribution in [-0.2, 0) is 0 Å². The summed E-state index contributed by atoms with van der Waals surface area (Å²) in [4.78, 5) is 10.4. The first-order valence-corrected chi connectivity index (χ1v) is 14.3. The lowest BCUT2D eigenvalue weighted by Crippen LogP contribution is -2.03. The van der Waals surface area contributed by atoms with E-state index >= 15 is 0 Å². The van der Waals surface area contributed by atoms with Crippen LogP contribution in [-0.4, -0.2) is 14.5 Å². The number of rotatable bonds is 2. The van der Waals surface area contributed by atoms with Crippen molar-refractivity contribution in [1.82, 2.24) is 14.5 Å². The molecule has 4 heteroatoms. The monoisotopic (exact) mass is 527 g/mol. The molecule has 0 bridgehead atoms. The molecule has 0 radical (unpaired) electrons. The Bertz CT molecular complexity index is 2430. The predicted octanol–water partition coefficient (Wildman–Crippen LogP) is 9.91. The van der Waals surface area contributed by atoms with Crippen LogP contribution >= 0.6 is 11.3 Å². The topological polar surface area (TPSA) is 30.7 Å². The Morgan fingerprint density at radius 1 is 0.475 bits per heavy atom. The van der Waals surface area contributed by atoms with Crippen LogP contribution in [0.3, 0.4) is 0 Å². The highest BCUT2D eigenvalue weighted by Crippen LogP contribution is 2.45. The maximum absolute atomic E-state index is 5.23. The van der Waals surface area contributed by atoms with Gasteiger partial charge >= 0.3 is 0 Å². The summed E-state index contributed by atoms with van der Waals surface area (Å²) in [6.07, 6.45) is 0. The highest BCUT2D eigenvalue weighted by atomic mass is 32.1. The smallest absolute Gasteiger partial charge is 0.235 e. The zero-order valence-corrected chi connectivity index (χ0v) is 22.2. The Kier molecular flexibility index (Phi) is 4.48. The third-order valence-corrected chi connectivity index (χ3v) is 9.28. The second-order valence-corrected chi connectivity index (χ2v) is 11.2. The average molecular weight is 528 g/mol. The van der Waals surface area contributed by atoms with E-state index < -0.39 is 0 Å². The van der Waals surface area contributed by atoms with Crippen LogP contribution in [0.5, 0.6) is 0 Å². The number of hydrogen-bond donors (Lipinski definition) is 0. The van der Waals surface area contributed by atoms with Gasteiger partial charge in [0.1, 0.15) is 0 Å². The molecule has 0 unspecified atom stereocenters. The molecule has 0 spiro atoms. The van der Waals surface area contributed by atoms with E-state index in [1.54, 1.807) is 0 Å². The van der Waals surface area contributed by atoms with Gasteiger partial charge in [-0.15, -0.1) is 11.3 Å². The summed E-state index contributed by atoms with van der Waals surface area (Å²) in [5, 5.41) is 8.73. The Morgan fingerprint density at radius 3 is 2.08 bits per heavy atom. The summed E-state index contributed by atoms with van der Waals surface area (Å²) in [7, 11) is 0. The Balaban J connectivity index is 1.42. The van der Waals surface area contributed by atoms with Crippen LogP contribution in [0.4, 0.5) is 0 Å². The molecule has 3 nitrogen and oxygen atoms in total. The highest BCUT2D eigenvalue weighted by molar-refractivity contribution is 7.27. The standard InChI is InChI=1S/C36H21N3S/c1-2-11-23(12-3-1)33-27-14-6-8-16-29(27)37-36(38-33)39-30-17-9-7-15-28(30)32-31(39)21-20-26-25-19-18-22-10-4-5-13-24(22)34(25)40-35(26)32/h1-21H. The maximum Gasteiger partial charge on any atom is 0.235 e. The van der Waals surface area contributed by atoms with E-state index in [1.165, 1.54) is 41.7 Å². The van der Waals surface area contributed by atoms with E-state index in [9.17, 15) is 0 Å². The minimum absolute atomic E-state index is 0.690. The molecule has 0 aliphatic carbocycles. The number of fused-ring (bicyclic) bond motifs is 10. The zero-order valence-electron chi connectivity index (χ0n) is 21.4. The summed E-state index contributed by atoms with van der Waals surface area (Å²) in [5.41, 5.74) is 5.20. The van der Waals surface area contributed by atoms with Crippen molar-refractivity contribution in [2.45, 2.75) is 0 Å². The minimum Gasteiger partial charge on any atom is -0.278 e. The fourth-order valence-corrected chi connectivity index (χ4v) is 7.60. The van der Waals surface area contributed by atoms with Crippen molar-refractivity contribution >= 4 is 75.0 Å². The van der Waals surface area contributed by atoms with Crippen molar-refractivity contribution in [2.75, 3.05) is 0 Å². The number of para-hydroxylation sites is 2. The second-order valence-electron chi connectivity index (χ2n) is 10.2. The third kappa shape index (κ3) is 2.99.